The summed E-state index contributed by atoms with van der Waals surface area (Å²) in [4.78, 5) is 10.8. The highest BCUT2D eigenvalue weighted by atomic mass is 19.1. The second-order valence-electron chi connectivity index (χ2n) is 2.60. The standard InChI is InChI=1S/C8H6FN3O/c9-4-2-1-3-5-6(4)7(8(10)13)12-11-5/h1-3H,(H2,10,13)(H,11,12). The predicted octanol–water partition coefficient (Wildman–Crippen LogP) is 0.801. The first-order valence-corrected chi connectivity index (χ1v) is 3.62. The van der Waals surface area contributed by atoms with Crippen molar-refractivity contribution in [3.63, 3.8) is 0 Å². The Bertz CT molecular complexity index is 477. The van der Waals surface area contributed by atoms with Crippen molar-refractivity contribution in [2.75, 3.05) is 0 Å². The van der Waals surface area contributed by atoms with Crippen molar-refractivity contribution in [2.24, 2.45) is 5.73 Å². The first-order chi connectivity index (χ1) is 6.20. The van der Waals surface area contributed by atoms with Crippen LogP contribution in [0.4, 0.5) is 4.39 Å². The summed E-state index contributed by atoms with van der Waals surface area (Å²) in [6.45, 7) is 0. The molecule has 0 saturated carbocycles. The number of aromatic amines is 1. The molecule has 0 unspecified atom stereocenters. The van der Waals surface area contributed by atoms with Gasteiger partial charge in [0.25, 0.3) is 5.91 Å². The van der Waals surface area contributed by atoms with Crippen LogP contribution < -0.4 is 5.73 Å². The Morgan fingerprint density at radius 3 is 3.00 bits per heavy atom. The monoisotopic (exact) mass is 179 g/mol. The summed E-state index contributed by atoms with van der Waals surface area (Å²) < 4.78 is 13.2. The van der Waals surface area contributed by atoms with Gasteiger partial charge < -0.3 is 5.73 Å². The van der Waals surface area contributed by atoms with E-state index in [4.69, 9.17) is 5.73 Å². The zero-order valence-corrected chi connectivity index (χ0v) is 6.54. The number of rotatable bonds is 1. The maximum Gasteiger partial charge on any atom is 0.269 e. The van der Waals surface area contributed by atoms with Crippen LogP contribution in [0.2, 0.25) is 0 Å². The molecular formula is C8H6FN3O. The number of hydrogen-bond acceptors (Lipinski definition) is 2. The van der Waals surface area contributed by atoms with Crippen LogP contribution in [0.5, 0.6) is 0 Å². The Balaban J connectivity index is 2.86. The van der Waals surface area contributed by atoms with Crippen molar-refractivity contribution in [3.8, 4) is 0 Å². The Morgan fingerprint density at radius 1 is 1.54 bits per heavy atom. The topological polar surface area (TPSA) is 71.8 Å². The minimum absolute atomic E-state index is 0.0619. The van der Waals surface area contributed by atoms with Crippen molar-refractivity contribution in [1.82, 2.24) is 10.2 Å². The number of amides is 1. The van der Waals surface area contributed by atoms with Crippen LogP contribution in [0, 0.1) is 5.82 Å². The Kier molecular flexibility index (Phi) is 1.51. The molecule has 0 saturated heterocycles. The summed E-state index contributed by atoms with van der Waals surface area (Å²) in [5.41, 5.74) is 5.41. The highest BCUT2D eigenvalue weighted by molar-refractivity contribution is 6.03. The normalized spacial score (nSPS) is 10.5. The van der Waals surface area contributed by atoms with Crippen LogP contribution in [-0.2, 0) is 0 Å². The zero-order valence-electron chi connectivity index (χ0n) is 6.54. The molecule has 5 heteroatoms. The van der Waals surface area contributed by atoms with Crippen LogP contribution in [0.25, 0.3) is 10.9 Å². The molecule has 0 radical (unpaired) electrons. The molecule has 1 aromatic heterocycles. The van der Waals surface area contributed by atoms with Gasteiger partial charge in [0.2, 0.25) is 0 Å². The van der Waals surface area contributed by atoms with Crippen molar-refractivity contribution in [1.29, 1.82) is 0 Å². The molecule has 0 aliphatic rings. The molecule has 4 nitrogen and oxygen atoms in total. The molecule has 2 aromatic rings. The first-order valence-electron chi connectivity index (χ1n) is 3.62. The number of fused-ring (bicyclic) bond motifs is 1. The third-order valence-corrected chi connectivity index (χ3v) is 1.77. The summed E-state index contributed by atoms with van der Waals surface area (Å²) >= 11 is 0. The van der Waals surface area contributed by atoms with E-state index in [-0.39, 0.29) is 11.1 Å². The molecule has 66 valence electrons. The molecule has 13 heavy (non-hydrogen) atoms. The fraction of sp³-hybridized carbons (Fsp3) is 0. The average Bonchev–Trinajstić information content (AvgIpc) is 2.49. The van der Waals surface area contributed by atoms with Crippen LogP contribution in [0.1, 0.15) is 10.5 Å². The third kappa shape index (κ3) is 1.05. The van der Waals surface area contributed by atoms with Crippen LogP contribution in [0.15, 0.2) is 18.2 Å². The van der Waals surface area contributed by atoms with Crippen LogP contribution in [-0.4, -0.2) is 16.1 Å². The van der Waals surface area contributed by atoms with E-state index in [2.05, 4.69) is 10.2 Å². The highest BCUT2D eigenvalue weighted by Gasteiger charge is 2.13. The lowest BCUT2D eigenvalue weighted by Crippen LogP contribution is -2.12. The summed E-state index contributed by atoms with van der Waals surface area (Å²) in [7, 11) is 0. The minimum atomic E-state index is -0.739. The zero-order chi connectivity index (χ0) is 9.42. The maximum absolute atomic E-state index is 13.2. The SMILES string of the molecule is NC(=O)c1n[nH]c2cccc(F)c12. The van der Waals surface area contributed by atoms with E-state index in [0.29, 0.717) is 5.52 Å². The van der Waals surface area contributed by atoms with Gasteiger partial charge in [0.15, 0.2) is 5.69 Å². The van der Waals surface area contributed by atoms with E-state index >= 15 is 0 Å². The predicted molar refractivity (Wildman–Crippen MR) is 44.6 cm³/mol. The van der Waals surface area contributed by atoms with Gasteiger partial charge >= 0.3 is 0 Å². The van der Waals surface area contributed by atoms with Gasteiger partial charge in [-0.3, -0.25) is 9.89 Å². The van der Waals surface area contributed by atoms with Gasteiger partial charge in [-0.1, -0.05) is 6.07 Å². The Morgan fingerprint density at radius 2 is 2.31 bits per heavy atom. The molecule has 0 bridgehead atoms. The van der Waals surface area contributed by atoms with E-state index in [9.17, 15) is 9.18 Å². The van der Waals surface area contributed by atoms with E-state index in [0.717, 1.165) is 0 Å². The molecule has 3 N–H and O–H groups in total. The summed E-state index contributed by atoms with van der Waals surface area (Å²) in [5, 5.41) is 6.28. The van der Waals surface area contributed by atoms with Gasteiger partial charge in [0.05, 0.1) is 10.9 Å². The second-order valence-corrected chi connectivity index (χ2v) is 2.60. The lowest BCUT2D eigenvalue weighted by molar-refractivity contribution is 0.0997. The number of nitrogens with two attached hydrogens (primary N) is 1. The number of nitrogens with zero attached hydrogens (tertiary/aromatic N) is 1. The number of benzene rings is 1. The summed E-state index contributed by atoms with van der Waals surface area (Å²) in [5.74, 6) is -1.24. The van der Waals surface area contributed by atoms with Gasteiger partial charge in [-0.2, -0.15) is 5.10 Å². The maximum atomic E-state index is 13.2. The molecule has 1 heterocycles. The number of carbonyl (C=O) groups is 1. The number of halogens is 1. The largest absolute Gasteiger partial charge is 0.364 e. The van der Waals surface area contributed by atoms with Gasteiger partial charge in [-0.05, 0) is 12.1 Å². The molecule has 0 atom stereocenters. The molecule has 0 fully saturated rings. The lowest BCUT2D eigenvalue weighted by Gasteiger charge is -1.92. The van der Waals surface area contributed by atoms with Crippen molar-refractivity contribution in [3.05, 3.63) is 29.7 Å². The van der Waals surface area contributed by atoms with Crippen LogP contribution in [0.3, 0.4) is 0 Å². The fourth-order valence-corrected chi connectivity index (χ4v) is 1.21. The number of carbonyl (C=O) groups excluding carboxylic acids is 1. The number of nitrogens with one attached hydrogen (secondary N) is 1. The number of primary amides is 1. The van der Waals surface area contributed by atoms with E-state index in [1.165, 1.54) is 12.1 Å². The molecule has 0 spiro atoms. The highest BCUT2D eigenvalue weighted by Crippen LogP contribution is 2.18. The molecule has 1 aromatic carbocycles. The van der Waals surface area contributed by atoms with Crippen LogP contribution >= 0.6 is 0 Å². The second kappa shape index (κ2) is 2.55. The number of aromatic nitrogens is 2. The average molecular weight is 179 g/mol. The van der Waals surface area contributed by atoms with E-state index in [1.54, 1.807) is 6.07 Å². The number of hydrogen-bond donors (Lipinski definition) is 2. The van der Waals surface area contributed by atoms with Crippen molar-refractivity contribution >= 4 is 16.8 Å². The molecular weight excluding hydrogens is 173 g/mol. The summed E-state index contributed by atoms with van der Waals surface area (Å²) in [6.07, 6.45) is 0. The van der Waals surface area contributed by atoms with Crippen molar-refractivity contribution in [2.45, 2.75) is 0 Å². The van der Waals surface area contributed by atoms with Crippen molar-refractivity contribution < 1.29 is 9.18 Å². The minimum Gasteiger partial charge on any atom is -0.364 e. The van der Waals surface area contributed by atoms with Gasteiger partial charge in [-0.25, -0.2) is 4.39 Å². The quantitative estimate of drug-likeness (QED) is 0.679. The Labute approximate surface area is 72.5 Å². The van der Waals surface area contributed by atoms with Gasteiger partial charge in [0, 0.05) is 0 Å². The molecule has 0 aliphatic carbocycles. The third-order valence-electron chi connectivity index (χ3n) is 1.77. The fourth-order valence-electron chi connectivity index (χ4n) is 1.21. The Hall–Kier alpha value is -1.91. The molecule has 0 aliphatic heterocycles. The first kappa shape index (κ1) is 7.72. The lowest BCUT2D eigenvalue weighted by atomic mass is 10.2. The van der Waals surface area contributed by atoms with Gasteiger partial charge in [0.1, 0.15) is 5.82 Å². The van der Waals surface area contributed by atoms with E-state index < -0.39 is 11.7 Å². The summed E-state index contributed by atoms with van der Waals surface area (Å²) in [6, 6.07) is 4.41. The molecule has 2 rings (SSSR count). The number of H-pyrrole nitrogens is 1. The van der Waals surface area contributed by atoms with E-state index in [1.807, 2.05) is 0 Å². The smallest absolute Gasteiger partial charge is 0.269 e. The molecule has 1 amide bonds. The van der Waals surface area contributed by atoms with Gasteiger partial charge in [-0.15, -0.1) is 0 Å².